The average Bonchev–Trinajstić information content (AvgIpc) is 3.52. The van der Waals surface area contributed by atoms with Gasteiger partial charge in [-0.1, -0.05) is 44.9 Å². The Kier molecular flexibility index (Phi) is 8.19. The minimum absolute atomic E-state index is 0.143. The SMILES string of the molecule is CCCCN(CCCC)c1ccc(/C=C/c2cc3sc4cc(C=C(C#N)C#N)sc4c3s2)cc1. The van der Waals surface area contributed by atoms with Gasteiger partial charge in [-0.25, -0.2) is 0 Å². The van der Waals surface area contributed by atoms with E-state index in [1.54, 1.807) is 40.1 Å². The van der Waals surface area contributed by atoms with Crippen molar-refractivity contribution in [1.29, 1.82) is 10.5 Å². The van der Waals surface area contributed by atoms with E-state index in [1.807, 2.05) is 12.1 Å². The van der Waals surface area contributed by atoms with Crippen LogP contribution in [0.15, 0.2) is 42.0 Å². The molecule has 172 valence electrons. The van der Waals surface area contributed by atoms with Crippen LogP contribution in [-0.2, 0) is 0 Å². The summed E-state index contributed by atoms with van der Waals surface area (Å²) >= 11 is 5.22. The molecule has 0 N–H and O–H groups in total. The van der Waals surface area contributed by atoms with Gasteiger partial charge in [0.05, 0.1) is 9.40 Å². The van der Waals surface area contributed by atoms with Gasteiger partial charge in [0, 0.05) is 37.9 Å². The van der Waals surface area contributed by atoms with E-state index in [0.29, 0.717) is 0 Å². The van der Waals surface area contributed by atoms with Crippen LogP contribution in [0.1, 0.15) is 54.8 Å². The highest BCUT2D eigenvalue weighted by Crippen LogP contribution is 2.44. The third-order valence-electron chi connectivity index (χ3n) is 5.65. The van der Waals surface area contributed by atoms with Crippen LogP contribution in [0.3, 0.4) is 0 Å². The number of anilines is 1. The summed E-state index contributed by atoms with van der Waals surface area (Å²) in [7, 11) is 0. The molecule has 3 heterocycles. The van der Waals surface area contributed by atoms with E-state index in [0.717, 1.165) is 18.0 Å². The number of thiophene rings is 3. The van der Waals surface area contributed by atoms with Crippen molar-refractivity contribution in [2.24, 2.45) is 0 Å². The van der Waals surface area contributed by atoms with Crippen LogP contribution in [0.5, 0.6) is 0 Å². The molecule has 0 amide bonds. The monoisotopic (exact) mass is 501 g/mol. The normalized spacial score (nSPS) is 11.2. The topological polar surface area (TPSA) is 50.8 Å². The van der Waals surface area contributed by atoms with Gasteiger partial charge in [0.1, 0.15) is 17.7 Å². The Hall–Kier alpha value is -2.90. The smallest absolute Gasteiger partial charge is 0.131 e. The number of fused-ring (bicyclic) bond motifs is 3. The molecule has 0 saturated carbocycles. The van der Waals surface area contributed by atoms with Crippen molar-refractivity contribution >= 4 is 76.7 Å². The predicted octanol–water partition coefficient (Wildman–Crippen LogP) is 9.19. The van der Waals surface area contributed by atoms with Crippen LogP contribution < -0.4 is 4.90 Å². The van der Waals surface area contributed by atoms with E-state index in [2.05, 4.69) is 67.3 Å². The molecule has 3 aromatic heterocycles. The largest absolute Gasteiger partial charge is 0.372 e. The van der Waals surface area contributed by atoms with Crippen LogP contribution in [0, 0.1) is 22.7 Å². The molecule has 0 atom stereocenters. The zero-order valence-electron chi connectivity index (χ0n) is 19.5. The summed E-state index contributed by atoms with van der Waals surface area (Å²) in [4.78, 5) is 4.71. The molecule has 0 aliphatic carbocycles. The Balaban J connectivity index is 1.50. The van der Waals surface area contributed by atoms with Gasteiger partial charge in [0.15, 0.2) is 0 Å². The van der Waals surface area contributed by atoms with Crippen LogP contribution in [-0.4, -0.2) is 13.1 Å². The zero-order valence-corrected chi connectivity index (χ0v) is 22.0. The number of nitriles is 2. The molecular formula is C28H27N3S3. The van der Waals surface area contributed by atoms with E-state index in [1.165, 1.54) is 60.6 Å². The first-order valence-corrected chi connectivity index (χ1v) is 14.1. The number of nitrogens with zero attached hydrogens (tertiary/aromatic N) is 3. The number of allylic oxidation sites excluding steroid dienone is 1. The molecule has 4 rings (SSSR count). The Morgan fingerprint density at radius 1 is 0.824 bits per heavy atom. The van der Waals surface area contributed by atoms with Gasteiger partial charge in [-0.3, -0.25) is 0 Å². The van der Waals surface area contributed by atoms with E-state index in [-0.39, 0.29) is 5.57 Å². The number of hydrogen-bond donors (Lipinski definition) is 0. The molecule has 34 heavy (non-hydrogen) atoms. The van der Waals surface area contributed by atoms with Crippen molar-refractivity contribution in [1.82, 2.24) is 0 Å². The Morgan fingerprint density at radius 3 is 2.00 bits per heavy atom. The Morgan fingerprint density at radius 2 is 1.41 bits per heavy atom. The lowest BCUT2D eigenvalue weighted by Crippen LogP contribution is -2.25. The van der Waals surface area contributed by atoms with Gasteiger partial charge >= 0.3 is 0 Å². The first-order chi connectivity index (χ1) is 16.6. The number of unbranched alkanes of at least 4 members (excludes halogenated alkanes) is 2. The van der Waals surface area contributed by atoms with Crippen molar-refractivity contribution in [3.63, 3.8) is 0 Å². The summed E-state index contributed by atoms with van der Waals surface area (Å²) in [5.41, 5.74) is 2.67. The van der Waals surface area contributed by atoms with Gasteiger partial charge in [0.2, 0.25) is 0 Å². The number of benzene rings is 1. The van der Waals surface area contributed by atoms with Crippen molar-refractivity contribution in [3.8, 4) is 12.1 Å². The van der Waals surface area contributed by atoms with Crippen molar-refractivity contribution in [3.05, 3.63) is 57.3 Å². The van der Waals surface area contributed by atoms with Gasteiger partial charge in [-0.05, 0) is 54.8 Å². The molecule has 0 radical (unpaired) electrons. The quantitative estimate of drug-likeness (QED) is 0.203. The Bertz CT molecular complexity index is 1380. The molecule has 0 unspecified atom stereocenters. The van der Waals surface area contributed by atoms with E-state index in [9.17, 15) is 0 Å². The lowest BCUT2D eigenvalue weighted by molar-refractivity contribution is 0.678. The summed E-state index contributed by atoms with van der Waals surface area (Å²) in [5, 5.41) is 18.0. The molecule has 1 aromatic carbocycles. The maximum absolute atomic E-state index is 9.01. The predicted molar refractivity (Wildman–Crippen MR) is 152 cm³/mol. The third kappa shape index (κ3) is 5.59. The van der Waals surface area contributed by atoms with Gasteiger partial charge in [0.25, 0.3) is 0 Å². The molecule has 0 bridgehead atoms. The van der Waals surface area contributed by atoms with Crippen LogP contribution in [0.25, 0.3) is 37.0 Å². The fraction of sp³-hybridized carbons (Fsp3) is 0.286. The summed E-state index contributed by atoms with van der Waals surface area (Å²) < 4.78 is 5.04. The first-order valence-electron chi connectivity index (χ1n) is 11.7. The molecule has 0 fully saturated rings. The molecule has 0 aliphatic heterocycles. The molecule has 4 aromatic rings. The van der Waals surface area contributed by atoms with Crippen molar-refractivity contribution in [2.45, 2.75) is 39.5 Å². The van der Waals surface area contributed by atoms with E-state index >= 15 is 0 Å². The van der Waals surface area contributed by atoms with Crippen LogP contribution in [0.4, 0.5) is 5.69 Å². The highest BCUT2D eigenvalue weighted by molar-refractivity contribution is 7.38. The lowest BCUT2D eigenvalue weighted by Gasteiger charge is -2.24. The second-order valence-corrected chi connectivity index (χ2v) is 11.4. The van der Waals surface area contributed by atoms with Crippen molar-refractivity contribution < 1.29 is 0 Å². The average molecular weight is 502 g/mol. The first kappa shape index (κ1) is 24.2. The Labute approximate surface area is 213 Å². The molecule has 6 heteroatoms. The van der Waals surface area contributed by atoms with E-state index < -0.39 is 0 Å². The molecule has 3 nitrogen and oxygen atoms in total. The highest BCUT2D eigenvalue weighted by atomic mass is 32.1. The summed E-state index contributed by atoms with van der Waals surface area (Å²) in [6.07, 6.45) is 11.0. The third-order valence-corrected chi connectivity index (χ3v) is 9.34. The fourth-order valence-electron chi connectivity index (χ4n) is 3.80. The summed E-state index contributed by atoms with van der Waals surface area (Å²) in [6.45, 7) is 6.75. The maximum atomic E-state index is 9.01. The standard InChI is InChI=1S/C28H27N3S3/c1-3-5-13-31(14-6-4-2)22-10-7-20(8-11-22)9-12-23-16-25-27(32-23)28-26(34-25)17-24(33-28)15-21(18-29)19-30/h7-12,15-17H,3-6,13-14H2,1-2H3/b12-9+. The minimum atomic E-state index is 0.143. The van der Waals surface area contributed by atoms with Crippen LogP contribution >= 0.6 is 34.0 Å². The van der Waals surface area contributed by atoms with Gasteiger partial charge < -0.3 is 4.90 Å². The van der Waals surface area contributed by atoms with Crippen LogP contribution in [0.2, 0.25) is 0 Å². The maximum Gasteiger partial charge on any atom is 0.131 e. The fourth-order valence-corrected chi connectivity index (χ4v) is 7.69. The summed E-state index contributed by atoms with van der Waals surface area (Å²) in [5.74, 6) is 0. The second kappa shape index (κ2) is 11.5. The zero-order chi connectivity index (χ0) is 23.9. The summed E-state index contributed by atoms with van der Waals surface area (Å²) in [6, 6.07) is 17.1. The molecule has 0 spiro atoms. The highest BCUT2D eigenvalue weighted by Gasteiger charge is 2.12. The molecule has 0 aliphatic rings. The van der Waals surface area contributed by atoms with Gasteiger partial charge in [-0.15, -0.1) is 34.0 Å². The van der Waals surface area contributed by atoms with Crippen molar-refractivity contribution in [2.75, 3.05) is 18.0 Å². The van der Waals surface area contributed by atoms with Gasteiger partial charge in [-0.2, -0.15) is 10.5 Å². The molecule has 0 saturated heterocycles. The molecular weight excluding hydrogens is 475 g/mol. The lowest BCUT2D eigenvalue weighted by atomic mass is 10.1. The second-order valence-electron chi connectivity index (χ2n) is 8.19. The number of hydrogen-bond acceptors (Lipinski definition) is 6. The minimum Gasteiger partial charge on any atom is -0.372 e. The van der Waals surface area contributed by atoms with E-state index in [4.69, 9.17) is 10.5 Å². The number of rotatable bonds is 10.